The van der Waals surface area contributed by atoms with Crippen molar-refractivity contribution in [3.05, 3.63) is 28.6 Å². The molecular weight excluding hydrogens is 332 g/mol. The van der Waals surface area contributed by atoms with Gasteiger partial charge in [-0.3, -0.25) is 9.59 Å². The standard InChI is InChI=1S/C16H16N2O3S2/c19-15(12-8-23-14(17-12)13-2-1-5-22-13)18-6-10(9-3-4-9)11(7-18)16(20)21/h1-2,5,8-11H,3-4,6-7H2,(H,20,21)/t10-,11+/m1/s1. The van der Waals surface area contributed by atoms with Crippen LogP contribution in [0.2, 0.25) is 0 Å². The Labute approximate surface area is 141 Å². The van der Waals surface area contributed by atoms with Crippen molar-refractivity contribution >= 4 is 34.6 Å². The van der Waals surface area contributed by atoms with Gasteiger partial charge in [0.2, 0.25) is 0 Å². The minimum atomic E-state index is -0.783. The molecule has 1 saturated carbocycles. The first-order valence-corrected chi connectivity index (χ1v) is 9.41. The maximum absolute atomic E-state index is 12.7. The van der Waals surface area contributed by atoms with Crippen LogP contribution in [0.4, 0.5) is 0 Å². The van der Waals surface area contributed by atoms with Gasteiger partial charge in [-0.2, -0.15) is 0 Å². The molecule has 0 spiro atoms. The summed E-state index contributed by atoms with van der Waals surface area (Å²) in [5.41, 5.74) is 0.430. The lowest BCUT2D eigenvalue weighted by atomic mass is 9.92. The maximum Gasteiger partial charge on any atom is 0.308 e. The zero-order valence-corrected chi connectivity index (χ0v) is 14.0. The molecule has 2 fully saturated rings. The van der Waals surface area contributed by atoms with E-state index in [1.807, 2.05) is 17.5 Å². The van der Waals surface area contributed by atoms with Gasteiger partial charge in [-0.1, -0.05) is 6.07 Å². The van der Waals surface area contributed by atoms with Crippen molar-refractivity contribution in [2.75, 3.05) is 13.1 Å². The predicted octanol–water partition coefficient (Wildman–Crippen LogP) is 3.05. The molecule has 4 rings (SSSR count). The number of carbonyl (C=O) groups is 2. The Hall–Kier alpha value is -1.73. The van der Waals surface area contributed by atoms with Crippen molar-refractivity contribution in [1.82, 2.24) is 9.88 Å². The Bertz CT molecular complexity index is 736. The summed E-state index contributed by atoms with van der Waals surface area (Å²) in [5.74, 6) is -0.770. The van der Waals surface area contributed by atoms with Crippen molar-refractivity contribution in [2.45, 2.75) is 12.8 Å². The first-order chi connectivity index (χ1) is 11.1. The highest BCUT2D eigenvalue weighted by molar-refractivity contribution is 7.20. The summed E-state index contributed by atoms with van der Waals surface area (Å²) in [6.07, 6.45) is 2.19. The van der Waals surface area contributed by atoms with E-state index >= 15 is 0 Å². The van der Waals surface area contributed by atoms with Crippen LogP contribution >= 0.6 is 22.7 Å². The van der Waals surface area contributed by atoms with Crippen LogP contribution in [0.3, 0.4) is 0 Å². The number of thiazole rings is 1. The fraction of sp³-hybridized carbons (Fsp3) is 0.438. The van der Waals surface area contributed by atoms with Gasteiger partial charge in [-0.05, 0) is 36.1 Å². The maximum atomic E-state index is 12.7. The summed E-state index contributed by atoms with van der Waals surface area (Å²) in [6.45, 7) is 0.855. The fourth-order valence-corrected chi connectivity index (χ4v) is 4.91. The molecule has 2 aromatic rings. The van der Waals surface area contributed by atoms with Gasteiger partial charge in [-0.25, -0.2) is 4.98 Å². The van der Waals surface area contributed by atoms with E-state index in [1.165, 1.54) is 11.3 Å². The summed E-state index contributed by atoms with van der Waals surface area (Å²) < 4.78 is 0. The molecule has 0 bridgehead atoms. The van der Waals surface area contributed by atoms with Gasteiger partial charge >= 0.3 is 5.97 Å². The number of hydrogen-bond acceptors (Lipinski definition) is 5. The number of rotatable bonds is 4. The minimum Gasteiger partial charge on any atom is -0.481 e. The third-order valence-corrected chi connectivity index (χ3v) is 6.53. The molecule has 2 atom stereocenters. The molecule has 1 N–H and O–H groups in total. The summed E-state index contributed by atoms with van der Waals surface area (Å²) >= 11 is 3.05. The molecule has 0 unspecified atom stereocenters. The largest absolute Gasteiger partial charge is 0.481 e. The lowest BCUT2D eigenvalue weighted by Gasteiger charge is -2.14. The molecule has 1 amide bonds. The Morgan fingerprint density at radius 2 is 2.09 bits per heavy atom. The monoisotopic (exact) mass is 348 g/mol. The molecule has 3 heterocycles. The van der Waals surface area contributed by atoms with Crippen LogP contribution in [-0.4, -0.2) is 40.0 Å². The second-order valence-electron chi connectivity index (χ2n) is 6.17. The predicted molar refractivity (Wildman–Crippen MR) is 88.7 cm³/mol. The van der Waals surface area contributed by atoms with Gasteiger partial charge in [0.25, 0.3) is 5.91 Å². The summed E-state index contributed by atoms with van der Waals surface area (Å²) in [7, 11) is 0. The van der Waals surface area contributed by atoms with E-state index < -0.39 is 11.9 Å². The van der Waals surface area contributed by atoms with E-state index in [2.05, 4.69) is 4.98 Å². The van der Waals surface area contributed by atoms with Crippen molar-refractivity contribution in [1.29, 1.82) is 0 Å². The van der Waals surface area contributed by atoms with Gasteiger partial charge in [0.15, 0.2) is 0 Å². The van der Waals surface area contributed by atoms with Gasteiger partial charge < -0.3 is 10.0 Å². The number of hydrogen-bond donors (Lipinski definition) is 1. The fourth-order valence-electron chi connectivity index (χ4n) is 3.31. The van der Waals surface area contributed by atoms with Gasteiger partial charge in [0.1, 0.15) is 10.7 Å². The Kier molecular flexibility index (Phi) is 3.69. The lowest BCUT2D eigenvalue weighted by molar-refractivity contribution is -0.142. The van der Waals surface area contributed by atoms with Gasteiger partial charge in [0, 0.05) is 18.5 Å². The summed E-state index contributed by atoms with van der Waals surface area (Å²) in [5, 5.41) is 14.0. The molecular formula is C16H16N2O3S2. The molecule has 1 aliphatic heterocycles. The Morgan fingerprint density at radius 3 is 2.74 bits per heavy atom. The number of carboxylic acids is 1. The normalized spacial score (nSPS) is 24.1. The molecule has 2 aliphatic rings. The number of carboxylic acid groups (broad SMARTS) is 1. The van der Waals surface area contributed by atoms with Crippen LogP contribution in [0, 0.1) is 17.8 Å². The minimum absolute atomic E-state index is 0.104. The average Bonchev–Trinajstić information content (AvgIpc) is 3.03. The number of amides is 1. The number of likely N-dealkylation sites (tertiary alicyclic amines) is 1. The van der Waals surface area contributed by atoms with E-state index in [-0.39, 0.29) is 11.8 Å². The topological polar surface area (TPSA) is 70.5 Å². The molecule has 5 nitrogen and oxygen atoms in total. The quantitative estimate of drug-likeness (QED) is 0.922. The zero-order valence-electron chi connectivity index (χ0n) is 12.3. The second-order valence-corrected chi connectivity index (χ2v) is 7.98. The highest BCUT2D eigenvalue weighted by atomic mass is 32.1. The zero-order chi connectivity index (χ0) is 16.0. The Morgan fingerprint density at radius 1 is 1.26 bits per heavy atom. The van der Waals surface area contributed by atoms with Gasteiger partial charge in [-0.15, -0.1) is 22.7 Å². The lowest BCUT2D eigenvalue weighted by Crippen LogP contribution is -2.30. The number of aliphatic carboxylic acids is 1. The number of nitrogens with zero attached hydrogens (tertiary/aromatic N) is 2. The van der Waals surface area contributed by atoms with E-state index in [1.54, 1.807) is 21.6 Å². The molecule has 0 radical (unpaired) electrons. The Balaban J connectivity index is 1.52. The molecule has 23 heavy (non-hydrogen) atoms. The summed E-state index contributed by atoms with van der Waals surface area (Å²) in [4.78, 5) is 31.3. The molecule has 0 aromatic carbocycles. The van der Waals surface area contributed by atoms with Crippen LogP contribution in [0.15, 0.2) is 22.9 Å². The van der Waals surface area contributed by atoms with Crippen LogP contribution in [0.5, 0.6) is 0 Å². The average molecular weight is 348 g/mol. The van der Waals surface area contributed by atoms with Crippen molar-refractivity contribution < 1.29 is 14.7 Å². The van der Waals surface area contributed by atoms with E-state index in [4.69, 9.17) is 0 Å². The smallest absolute Gasteiger partial charge is 0.308 e. The SMILES string of the molecule is O=C(O)[C@H]1CN(C(=O)c2csc(-c3cccs3)n2)C[C@@H]1C1CC1. The molecule has 1 aliphatic carbocycles. The number of aromatic nitrogens is 1. The van der Waals surface area contributed by atoms with Crippen LogP contribution in [0.25, 0.3) is 9.88 Å². The number of thiophene rings is 1. The highest BCUT2D eigenvalue weighted by Crippen LogP contribution is 2.44. The first kappa shape index (κ1) is 14.8. The summed E-state index contributed by atoms with van der Waals surface area (Å²) in [6, 6.07) is 3.94. The van der Waals surface area contributed by atoms with Crippen molar-refractivity contribution in [2.24, 2.45) is 17.8 Å². The molecule has 1 saturated heterocycles. The van der Waals surface area contributed by atoms with Crippen LogP contribution in [0.1, 0.15) is 23.3 Å². The van der Waals surface area contributed by atoms with Crippen LogP contribution < -0.4 is 0 Å². The van der Waals surface area contributed by atoms with E-state index in [9.17, 15) is 14.7 Å². The molecule has 7 heteroatoms. The van der Waals surface area contributed by atoms with E-state index in [0.29, 0.717) is 24.7 Å². The van der Waals surface area contributed by atoms with E-state index in [0.717, 1.165) is 22.7 Å². The van der Waals surface area contributed by atoms with Crippen LogP contribution in [-0.2, 0) is 4.79 Å². The van der Waals surface area contributed by atoms with Gasteiger partial charge in [0.05, 0.1) is 10.8 Å². The molecule has 120 valence electrons. The van der Waals surface area contributed by atoms with Crippen molar-refractivity contribution in [3.8, 4) is 9.88 Å². The third kappa shape index (κ3) is 2.79. The second kappa shape index (κ2) is 5.72. The highest BCUT2D eigenvalue weighted by Gasteiger charge is 2.47. The molecule has 2 aromatic heterocycles. The van der Waals surface area contributed by atoms with Crippen molar-refractivity contribution in [3.63, 3.8) is 0 Å². The first-order valence-electron chi connectivity index (χ1n) is 7.65. The third-order valence-electron chi connectivity index (χ3n) is 4.65. The number of carbonyl (C=O) groups excluding carboxylic acids is 1.